The Balaban J connectivity index is 1.68. The van der Waals surface area contributed by atoms with Crippen LogP contribution < -0.4 is 15.4 Å². The highest BCUT2D eigenvalue weighted by Crippen LogP contribution is 2.26. The summed E-state index contributed by atoms with van der Waals surface area (Å²) in [5.41, 5.74) is 7.61. The van der Waals surface area contributed by atoms with Crippen LogP contribution >= 0.6 is 11.6 Å². The molecule has 26 heavy (non-hydrogen) atoms. The van der Waals surface area contributed by atoms with Gasteiger partial charge in [-0.2, -0.15) is 0 Å². The monoisotopic (exact) mass is 371 g/mol. The summed E-state index contributed by atoms with van der Waals surface area (Å²) in [6, 6.07) is 13.9. The lowest BCUT2D eigenvalue weighted by Crippen LogP contribution is -2.31. The van der Waals surface area contributed by atoms with Gasteiger partial charge in [0.05, 0.1) is 5.69 Å². The van der Waals surface area contributed by atoms with Crippen LogP contribution in [0.4, 0.5) is 10.5 Å². The lowest BCUT2D eigenvalue weighted by Gasteiger charge is -2.14. The fraction of sp³-hybridized carbons (Fsp3) is 0.158. The van der Waals surface area contributed by atoms with Crippen molar-refractivity contribution in [2.45, 2.75) is 13.5 Å². The molecule has 0 fully saturated rings. The number of aromatic nitrogens is 1. The Morgan fingerprint density at radius 2 is 1.85 bits per heavy atom. The molecule has 3 rings (SSSR count). The molecule has 0 bridgehead atoms. The van der Waals surface area contributed by atoms with E-state index in [0.717, 1.165) is 11.3 Å². The Bertz CT molecular complexity index is 905. The van der Waals surface area contributed by atoms with E-state index >= 15 is 0 Å². The standard InChI is InChI=1S/C19H18ClN3O3/c1-12-18(13-3-5-14(20)6-4-13)26-17(22-12)11-25-16-9-7-15(8-10-16)23(2)19(21)24/h3-10H,11H2,1-2H3,(H2,21,24). The number of oxazole rings is 1. The first-order chi connectivity index (χ1) is 12.4. The number of ether oxygens (including phenoxy) is 1. The molecule has 0 aliphatic rings. The van der Waals surface area contributed by atoms with E-state index in [2.05, 4.69) is 4.98 Å². The summed E-state index contributed by atoms with van der Waals surface area (Å²) in [4.78, 5) is 16.9. The number of primary amides is 1. The molecule has 2 N–H and O–H groups in total. The fourth-order valence-electron chi connectivity index (χ4n) is 2.42. The normalized spacial score (nSPS) is 10.6. The van der Waals surface area contributed by atoms with Gasteiger partial charge in [0.1, 0.15) is 5.75 Å². The Morgan fingerprint density at radius 1 is 1.19 bits per heavy atom. The van der Waals surface area contributed by atoms with Crippen LogP contribution in [0.15, 0.2) is 52.9 Å². The zero-order valence-corrected chi connectivity index (χ0v) is 15.2. The Morgan fingerprint density at radius 3 is 2.46 bits per heavy atom. The van der Waals surface area contributed by atoms with Crippen LogP contribution in [0, 0.1) is 6.92 Å². The highest BCUT2D eigenvalue weighted by atomic mass is 35.5. The maximum atomic E-state index is 11.2. The van der Waals surface area contributed by atoms with Crippen LogP contribution in [0.5, 0.6) is 5.75 Å². The number of rotatable bonds is 5. The molecule has 0 unspecified atom stereocenters. The minimum atomic E-state index is -0.524. The quantitative estimate of drug-likeness (QED) is 0.720. The first-order valence-electron chi connectivity index (χ1n) is 7.92. The van der Waals surface area contributed by atoms with E-state index in [0.29, 0.717) is 28.1 Å². The highest BCUT2D eigenvalue weighted by Gasteiger charge is 2.12. The minimum Gasteiger partial charge on any atom is -0.484 e. The first-order valence-corrected chi connectivity index (χ1v) is 8.30. The maximum absolute atomic E-state index is 11.2. The number of nitrogens with zero attached hydrogens (tertiary/aromatic N) is 2. The van der Waals surface area contributed by atoms with Crippen LogP contribution in [0.25, 0.3) is 11.3 Å². The second-order valence-electron chi connectivity index (χ2n) is 5.71. The summed E-state index contributed by atoms with van der Waals surface area (Å²) < 4.78 is 11.5. The van der Waals surface area contributed by atoms with Crippen molar-refractivity contribution < 1.29 is 13.9 Å². The van der Waals surface area contributed by atoms with Gasteiger partial charge in [-0.1, -0.05) is 11.6 Å². The van der Waals surface area contributed by atoms with Crippen LogP contribution in [-0.2, 0) is 6.61 Å². The number of amides is 2. The van der Waals surface area contributed by atoms with E-state index in [-0.39, 0.29) is 6.61 Å². The van der Waals surface area contributed by atoms with Crippen LogP contribution in [0.3, 0.4) is 0 Å². The number of urea groups is 1. The average molecular weight is 372 g/mol. The second-order valence-corrected chi connectivity index (χ2v) is 6.15. The third-order valence-corrected chi connectivity index (χ3v) is 4.12. The Kier molecular flexibility index (Phi) is 5.14. The van der Waals surface area contributed by atoms with Crippen LogP contribution in [0.2, 0.25) is 5.02 Å². The molecule has 3 aromatic rings. The number of halogens is 1. The van der Waals surface area contributed by atoms with Gasteiger partial charge in [0.2, 0.25) is 5.89 Å². The Labute approximate surface area is 156 Å². The van der Waals surface area contributed by atoms with Crippen molar-refractivity contribution in [1.82, 2.24) is 4.98 Å². The van der Waals surface area contributed by atoms with E-state index < -0.39 is 6.03 Å². The molecule has 0 atom stereocenters. The van der Waals surface area contributed by atoms with Gasteiger partial charge in [-0.25, -0.2) is 9.78 Å². The predicted octanol–water partition coefficient (Wildman–Crippen LogP) is 4.40. The van der Waals surface area contributed by atoms with Gasteiger partial charge in [0.25, 0.3) is 0 Å². The van der Waals surface area contributed by atoms with Gasteiger partial charge < -0.3 is 14.9 Å². The van der Waals surface area contributed by atoms with Crippen molar-refractivity contribution in [3.63, 3.8) is 0 Å². The van der Waals surface area contributed by atoms with E-state index in [9.17, 15) is 4.79 Å². The molecular formula is C19H18ClN3O3. The molecule has 0 aliphatic carbocycles. The number of nitrogens with two attached hydrogens (primary N) is 1. The van der Waals surface area contributed by atoms with E-state index in [1.54, 1.807) is 43.4 Å². The lowest BCUT2D eigenvalue weighted by molar-refractivity contribution is 0.255. The molecule has 0 radical (unpaired) electrons. The summed E-state index contributed by atoms with van der Waals surface area (Å²) in [7, 11) is 1.60. The first kappa shape index (κ1) is 17.8. The second kappa shape index (κ2) is 7.49. The van der Waals surface area contributed by atoms with Gasteiger partial charge in [0.15, 0.2) is 12.4 Å². The smallest absolute Gasteiger partial charge is 0.318 e. The average Bonchev–Trinajstić information content (AvgIpc) is 3.01. The molecule has 0 spiro atoms. The van der Waals surface area contributed by atoms with E-state index in [4.69, 9.17) is 26.5 Å². The molecule has 7 heteroatoms. The molecule has 1 aromatic heterocycles. The van der Waals surface area contributed by atoms with Gasteiger partial charge in [-0.05, 0) is 55.5 Å². The zero-order valence-electron chi connectivity index (χ0n) is 14.4. The van der Waals surface area contributed by atoms with E-state index in [1.807, 2.05) is 19.1 Å². The number of anilines is 1. The molecule has 0 saturated heterocycles. The van der Waals surface area contributed by atoms with Crippen molar-refractivity contribution in [1.29, 1.82) is 0 Å². The summed E-state index contributed by atoms with van der Waals surface area (Å²) in [6.07, 6.45) is 0. The highest BCUT2D eigenvalue weighted by molar-refractivity contribution is 6.30. The minimum absolute atomic E-state index is 0.194. The summed E-state index contributed by atoms with van der Waals surface area (Å²) in [5.74, 6) is 1.81. The fourth-order valence-corrected chi connectivity index (χ4v) is 2.55. The van der Waals surface area contributed by atoms with Crippen molar-refractivity contribution >= 4 is 23.3 Å². The summed E-state index contributed by atoms with van der Waals surface area (Å²) in [5, 5.41) is 0.667. The van der Waals surface area contributed by atoms with Crippen molar-refractivity contribution in [3.8, 4) is 17.1 Å². The van der Waals surface area contributed by atoms with Gasteiger partial charge in [-0.3, -0.25) is 4.90 Å². The molecule has 2 aromatic carbocycles. The van der Waals surface area contributed by atoms with Crippen molar-refractivity contribution in [2.24, 2.45) is 5.73 Å². The third kappa shape index (κ3) is 3.97. The van der Waals surface area contributed by atoms with Crippen LogP contribution in [-0.4, -0.2) is 18.1 Å². The number of carbonyl (C=O) groups is 1. The largest absolute Gasteiger partial charge is 0.484 e. The molecule has 0 saturated carbocycles. The van der Waals surface area contributed by atoms with Gasteiger partial charge >= 0.3 is 6.03 Å². The molecule has 6 nitrogen and oxygen atoms in total. The zero-order chi connectivity index (χ0) is 18.7. The van der Waals surface area contributed by atoms with E-state index in [1.165, 1.54) is 4.90 Å². The maximum Gasteiger partial charge on any atom is 0.318 e. The number of benzene rings is 2. The van der Waals surface area contributed by atoms with Gasteiger partial charge in [0, 0.05) is 23.3 Å². The van der Waals surface area contributed by atoms with Crippen molar-refractivity contribution in [2.75, 3.05) is 11.9 Å². The molecule has 2 amide bonds. The Hall–Kier alpha value is -2.99. The van der Waals surface area contributed by atoms with Crippen LogP contribution in [0.1, 0.15) is 11.6 Å². The number of carbonyl (C=O) groups excluding carboxylic acids is 1. The molecule has 134 valence electrons. The molecular weight excluding hydrogens is 354 g/mol. The number of aryl methyl sites for hydroxylation is 1. The number of hydrogen-bond donors (Lipinski definition) is 1. The van der Waals surface area contributed by atoms with Gasteiger partial charge in [-0.15, -0.1) is 0 Å². The summed E-state index contributed by atoms with van der Waals surface area (Å²) in [6.45, 7) is 2.07. The SMILES string of the molecule is Cc1nc(COc2ccc(N(C)C(N)=O)cc2)oc1-c1ccc(Cl)cc1. The third-order valence-electron chi connectivity index (χ3n) is 3.86. The lowest BCUT2D eigenvalue weighted by atomic mass is 10.1. The molecule has 1 heterocycles. The summed E-state index contributed by atoms with van der Waals surface area (Å²) >= 11 is 5.91. The van der Waals surface area contributed by atoms with Crippen molar-refractivity contribution in [3.05, 3.63) is 65.1 Å². The number of hydrogen-bond acceptors (Lipinski definition) is 4. The predicted molar refractivity (Wildman–Crippen MR) is 100 cm³/mol. The molecule has 0 aliphatic heterocycles. The topological polar surface area (TPSA) is 81.6 Å².